The molecular formula is C16H22ClNO3. The maximum absolute atomic E-state index is 12.4. The molecule has 0 radical (unpaired) electrons. The first-order chi connectivity index (χ1) is 10.0. The quantitative estimate of drug-likeness (QED) is 0.897. The second kappa shape index (κ2) is 7.25. The number of nitrogens with zero attached hydrogens (tertiary/aromatic N) is 1. The summed E-state index contributed by atoms with van der Waals surface area (Å²) in [6.45, 7) is 0.215. The van der Waals surface area contributed by atoms with E-state index < -0.39 is 6.10 Å². The number of aliphatic hydroxyl groups is 2. The van der Waals surface area contributed by atoms with E-state index in [1.807, 2.05) is 0 Å². The van der Waals surface area contributed by atoms with E-state index >= 15 is 0 Å². The molecule has 1 aliphatic carbocycles. The fourth-order valence-corrected chi connectivity index (χ4v) is 3.16. The third-order valence-electron chi connectivity index (χ3n) is 4.40. The van der Waals surface area contributed by atoms with E-state index in [9.17, 15) is 9.90 Å². The number of carbonyl (C=O) groups is 1. The van der Waals surface area contributed by atoms with Gasteiger partial charge in [0.15, 0.2) is 6.10 Å². The van der Waals surface area contributed by atoms with Crippen molar-refractivity contribution in [1.29, 1.82) is 0 Å². The Hall–Kier alpha value is -1.10. The van der Waals surface area contributed by atoms with E-state index in [0.29, 0.717) is 16.5 Å². The number of amides is 1. The van der Waals surface area contributed by atoms with Gasteiger partial charge in [-0.25, -0.2) is 0 Å². The van der Waals surface area contributed by atoms with E-state index in [1.54, 1.807) is 36.2 Å². The second-order valence-corrected chi connectivity index (χ2v) is 6.14. The van der Waals surface area contributed by atoms with Crippen molar-refractivity contribution in [3.05, 3.63) is 34.9 Å². The van der Waals surface area contributed by atoms with Crippen molar-refractivity contribution in [3.63, 3.8) is 0 Å². The highest BCUT2D eigenvalue weighted by Crippen LogP contribution is 2.29. The minimum atomic E-state index is -1.22. The molecule has 5 heteroatoms. The number of hydrogen-bond donors (Lipinski definition) is 2. The molecule has 0 aromatic heterocycles. The summed E-state index contributed by atoms with van der Waals surface area (Å²) in [5.74, 6) is 0.0220. The minimum absolute atomic E-state index is 0.123. The number of hydrogen-bond acceptors (Lipinski definition) is 3. The smallest absolute Gasteiger partial charge is 0.256 e. The van der Waals surface area contributed by atoms with Crippen molar-refractivity contribution in [1.82, 2.24) is 4.90 Å². The lowest BCUT2D eigenvalue weighted by Crippen LogP contribution is -2.42. The fraction of sp³-hybridized carbons (Fsp3) is 0.562. The topological polar surface area (TPSA) is 60.8 Å². The molecule has 0 spiro atoms. The molecule has 1 aromatic carbocycles. The van der Waals surface area contributed by atoms with Crippen LogP contribution in [0.5, 0.6) is 0 Å². The van der Waals surface area contributed by atoms with Gasteiger partial charge in [-0.1, -0.05) is 29.8 Å². The predicted octanol–water partition coefficient (Wildman–Crippen LogP) is 2.38. The van der Waals surface area contributed by atoms with Crippen molar-refractivity contribution >= 4 is 17.5 Å². The first-order valence-corrected chi connectivity index (χ1v) is 7.72. The van der Waals surface area contributed by atoms with Gasteiger partial charge in [0.05, 0.1) is 0 Å². The van der Waals surface area contributed by atoms with Gasteiger partial charge >= 0.3 is 0 Å². The minimum Gasteiger partial charge on any atom is -0.396 e. The molecule has 2 rings (SSSR count). The Morgan fingerprint density at radius 3 is 2.52 bits per heavy atom. The zero-order chi connectivity index (χ0) is 15.4. The summed E-state index contributed by atoms with van der Waals surface area (Å²) in [6.07, 6.45) is 2.34. The molecule has 1 saturated carbocycles. The molecule has 1 aromatic rings. The number of rotatable bonds is 4. The Morgan fingerprint density at radius 1 is 1.33 bits per heavy atom. The van der Waals surface area contributed by atoms with Gasteiger partial charge in [0.2, 0.25) is 0 Å². The van der Waals surface area contributed by atoms with Crippen LogP contribution in [0.15, 0.2) is 24.3 Å². The molecular weight excluding hydrogens is 290 g/mol. The third-order valence-corrected chi connectivity index (χ3v) is 4.75. The summed E-state index contributed by atoms with van der Waals surface area (Å²) in [6, 6.07) is 6.98. The molecule has 116 valence electrons. The van der Waals surface area contributed by atoms with Crippen LogP contribution in [0.3, 0.4) is 0 Å². The molecule has 0 unspecified atom stereocenters. The second-order valence-electron chi connectivity index (χ2n) is 5.73. The van der Waals surface area contributed by atoms with Crippen LogP contribution < -0.4 is 0 Å². The first kappa shape index (κ1) is 16.3. The molecule has 0 aliphatic heterocycles. The monoisotopic (exact) mass is 311 g/mol. The summed E-state index contributed by atoms with van der Waals surface area (Å²) < 4.78 is 0. The number of aliphatic hydroxyl groups excluding tert-OH is 2. The molecule has 1 fully saturated rings. The fourth-order valence-electron chi connectivity index (χ4n) is 2.92. The average Bonchev–Trinajstić information content (AvgIpc) is 2.53. The Morgan fingerprint density at radius 2 is 1.95 bits per heavy atom. The first-order valence-electron chi connectivity index (χ1n) is 7.34. The highest BCUT2D eigenvalue weighted by atomic mass is 35.5. The van der Waals surface area contributed by atoms with Crippen LogP contribution in [-0.2, 0) is 4.79 Å². The highest BCUT2D eigenvalue weighted by Gasteiger charge is 2.30. The average molecular weight is 312 g/mol. The van der Waals surface area contributed by atoms with Crippen LogP contribution in [0, 0.1) is 5.92 Å². The van der Waals surface area contributed by atoms with Gasteiger partial charge in [-0.05, 0) is 37.7 Å². The molecule has 0 heterocycles. The van der Waals surface area contributed by atoms with Gasteiger partial charge in [-0.3, -0.25) is 4.79 Å². The lowest BCUT2D eigenvalue weighted by Gasteiger charge is -2.35. The summed E-state index contributed by atoms with van der Waals surface area (Å²) in [7, 11) is 1.73. The van der Waals surface area contributed by atoms with E-state index in [0.717, 1.165) is 25.7 Å². The summed E-state index contributed by atoms with van der Waals surface area (Å²) >= 11 is 6.03. The van der Waals surface area contributed by atoms with Crippen molar-refractivity contribution in [3.8, 4) is 0 Å². The maximum Gasteiger partial charge on any atom is 0.256 e. The number of benzene rings is 1. The van der Waals surface area contributed by atoms with Gasteiger partial charge < -0.3 is 15.1 Å². The number of carbonyl (C=O) groups excluding carboxylic acids is 1. The van der Waals surface area contributed by atoms with E-state index in [-0.39, 0.29) is 18.6 Å². The Kier molecular flexibility index (Phi) is 5.62. The molecule has 2 N–H and O–H groups in total. The van der Waals surface area contributed by atoms with Gasteiger partial charge in [0, 0.05) is 30.3 Å². The summed E-state index contributed by atoms with van der Waals surface area (Å²) in [5.41, 5.74) is 0.445. The number of likely N-dealkylation sites (N-methyl/N-ethyl adjacent to an activating group) is 1. The molecule has 0 saturated heterocycles. The van der Waals surface area contributed by atoms with Crippen molar-refractivity contribution in [2.45, 2.75) is 37.8 Å². The van der Waals surface area contributed by atoms with E-state index in [1.165, 1.54) is 0 Å². The Labute approximate surface area is 130 Å². The normalized spacial score (nSPS) is 23.6. The van der Waals surface area contributed by atoms with Gasteiger partial charge in [0.1, 0.15) is 0 Å². The molecule has 1 amide bonds. The summed E-state index contributed by atoms with van der Waals surface area (Å²) in [5, 5.41) is 19.8. The van der Waals surface area contributed by atoms with Gasteiger partial charge in [0.25, 0.3) is 5.91 Å². The predicted molar refractivity (Wildman–Crippen MR) is 82.0 cm³/mol. The lowest BCUT2D eigenvalue weighted by atomic mass is 9.86. The van der Waals surface area contributed by atoms with Gasteiger partial charge in [-0.2, -0.15) is 0 Å². The van der Waals surface area contributed by atoms with Crippen molar-refractivity contribution in [2.75, 3.05) is 13.7 Å². The lowest BCUT2D eigenvalue weighted by molar-refractivity contribution is -0.142. The highest BCUT2D eigenvalue weighted by molar-refractivity contribution is 6.31. The molecule has 21 heavy (non-hydrogen) atoms. The van der Waals surface area contributed by atoms with E-state index in [4.69, 9.17) is 16.7 Å². The van der Waals surface area contributed by atoms with Crippen LogP contribution in [-0.4, -0.2) is 40.7 Å². The standard InChI is InChI=1S/C16H22ClNO3/c1-18(12-8-6-11(10-19)7-9-12)16(21)15(20)13-4-2-3-5-14(13)17/h2-5,11-12,15,19-20H,6-10H2,1H3/t11?,12?,15-/m1/s1. The third kappa shape index (κ3) is 3.76. The molecule has 4 nitrogen and oxygen atoms in total. The zero-order valence-electron chi connectivity index (χ0n) is 12.2. The molecule has 1 atom stereocenters. The molecule has 0 bridgehead atoms. The van der Waals surface area contributed by atoms with Crippen LogP contribution in [0.1, 0.15) is 37.4 Å². The van der Waals surface area contributed by atoms with Crippen LogP contribution in [0.4, 0.5) is 0 Å². The zero-order valence-corrected chi connectivity index (χ0v) is 13.0. The largest absolute Gasteiger partial charge is 0.396 e. The van der Waals surface area contributed by atoms with Crippen LogP contribution in [0.2, 0.25) is 5.02 Å². The Bertz CT molecular complexity index is 486. The van der Waals surface area contributed by atoms with Crippen LogP contribution in [0.25, 0.3) is 0 Å². The summed E-state index contributed by atoms with van der Waals surface area (Å²) in [4.78, 5) is 14.0. The Balaban J connectivity index is 2.01. The SMILES string of the molecule is CN(C(=O)[C@H](O)c1ccccc1Cl)C1CCC(CO)CC1. The van der Waals surface area contributed by atoms with E-state index in [2.05, 4.69) is 0 Å². The van der Waals surface area contributed by atoms with Gasteiger partial charge in [-0.15, -0.1) is 0 Å². The van der Waals surface area contributed by atoms with Crippen molar-refractivity contribution < 1.29 is 15.0 Å². The maximum atomic E-state index is 12.4. The van der Waals surface area contributed by atoms with Crippen molar-refractivity contribution in [2.24, 2.45) is 5.92 Å². The van der Waals surface area contributed by atoms with Crippen LogP contribution >= 0.6 is 11.6 Å². The number of halogens is 1. The molecule has 1 aliphatic rings.